The largest absolute Gasteiger partial charge is 0.425 e. The Bertz CT molecular complexity index is 419. The van der Waals surface area contributed by atoms with E-state index >= 15 is 0 Å². The molecule has 0 aliphatic carbocycles. The van der Waals surface area contributed by atoms with E-state index in [4.69, 9.17) is 8.80 Å². The van der Waals surface area contributed by atoms with E-state index in [9.17, 15) is 4.79 Å². The highest BCUT2D eigenvalue weighted by molar-refractivity contribution is 14.1. The van der Waals surface area contributed by atoms with Crippen molar-refractivity contribution in [2.24, 2.45) is 0 Å². The fraction of sp³-hybridized carbons (Fsp3) is 0.364. The molecule has 1 aliphatic rings. The van der Waals surface area contributed by atoms with Crippen molar-refractivity contribution in [1.82, 2.24) is 10.2 Å². The molecule has 1 aromatic carbocycles. The molecule has 1 aromatic rings. The number of anilines is 1. The van der Waals surface area contributed by atoms with Gasteiger partial charge in [-0.2, -0.15) is 0 Å². The number of nitrogens with two attached hydrogens (primary N) is 1. The molecule has 2 rings (SSSR count). The average Bonchev–Trinajstić information content (AvgIpc) is 2.39. The van der Waals surface area contributed by atoms with E-state index in [0.29, 0.717) is 17.0 Å². The number of nitrogen functional groups attached to an aromatic ring is 1. The maximum absolute atomic E-state index is 12.2. The fourth-order valence-corrected chi connectivity index (χ4v) is 2.17. The summed E-state index contributed by atoms with van der Waals surface area (Å²) in [5, 5.41) is 3.21. The lowest BCUT2D eigenvalue weighted by molar-refractivity contribution is 0.0735. The molecule has 1 aliphatic heterocycles. The van der Waals surface area contributed by atoms with Crippen LogP contribution in [0.25, 0.3) is 0 Å². The van der Waals surface area contributed by atoms with Gasteiger partial charge in [-0.05, 0) is 18.2 Å². The number of hydrogen-bond acceptors (Lipinski definition) is 4. The highest BCUT2D eigenvalue weighted by Gasteiger charge is 2.18. The van der Waals surface area contributed by atoms with Crippen LogP contribution in [0, 0.1) is 0 Å². The highest BCUT2D eigenvalue weighted by atomic mass is 127. The second-order valence-electron chi connectivity index (χ2n) is 3.87. The minimum absolute atomic E-state index is 0.0289. The Labute approximate surface area is 114 Å². The number of halogens is 1. The van der Waals surface area contributed by atoms with Crippen LogP contribution in [0.5, 0.6) is 5.75 Å². The molecule has 0 aromatic heterocycles. The molecule has 0 radical (unpaired) electrons. The van der Waals surface area contributed by atoms with Crippen molar-refractivity contribution < 1.29 is 7.86 Å². The third kappa shape index (κ3) is 2.81. The van der Waals surface area contributed by atoms with Crippen molar-refractivity contribution in [1.29, 1.82) is 0 Å². The minimum atomic E-state index is 0.0289. The van der Waals surface area contributed by atoms with Crippen LogP contribution in [0.1, 0.15) is 10.4 Å². The van der Waals surface area contributed by atoms with Crippen molar-refractivity contribution in [3.63, 3.8) is 0 Å². The quantitative estimate of drug-likeness (QED) is 0.620. The van der Waals surface area contributed by atoms with Crippen molar-refractivity contribution in [2.75, 3.05) is 31.9 Å². The molecule has 92 valence electrons. The summed E-state index contributed by atoms with van der Waals surface area (Å²) in [7, 11) is 0. The number of carbonyl (C=O) groups excluding carboxylic acids is 1. The number of benzene rings is 1. The fourth-order valence-electron chi connectivity index (χ4n) is 1.78. The van der Waals surface area contributed by atoms with E-state index in [2.05, 4.69) is 5.32 Å². The van der Waals surface area contributed by atoms with Gasteiger partial charge in [0, 0.05) is 31.7 Å². The second-order valence-corrected chi connectivity index (χ2v) is 4.31. The molecule has 17 heavy (non-hydrogen) atoms. The molecule has 0 spiro atoms. The second kappa shape index (κ2) is 5.54. The summed E-state index contributed by atoms with van der Waals surface area (Å²) < 4.78 is 5.09. The van der Waals surface area contributed by atoms with Crippen molar-refractivity contribution in [2.45, 2.75) is 0 Å². The van der Waals surface area contributed by atoms with E-state index < -0.39 is 0 Å². The van der Waals surface area contributed by atoms with Gasteiger partial charge in [-0.1, -0.05) is 0 Å². The number of hydrogen-bond donors (Lipinski definition) is 2. The van der Waals surface area contributed by atoms with Crippen LogP contribution in [0.2, 0.25) is 0 Å². The molecule has 1 saturated heterocycles. The molecule has 0 saturated carbocycles. The number of nitrogens with one attached hydrogen (secondary N) is 1. The average molecular weight is 347 g/mol. The van der Waals surface area contributed by atoms with Gasteiger partial charge in [0.2, 0.25) is 0 Å². The topological polar surface area (TPSA) is 67.6 Å². The number of carbonyl (C=O) groups is 1. The van der Waals surface area contributed by atoms with Crippen LogP contribution in [0.4, 0.5) is 5.69 Å². The first kappa shape index (κ1) is 12.4. The summed E-state index contributed by atoms with van der Waals surface area (Å²) in [6.45, 7) is 3.17. The van der Waals surface area contributed by atoms with Crippen LogP contribution in [-0.4, -0.2) is 37.0 Å². The SMILES string of the molecule is Nc1ccc(C(=O)N2CCNCC2)cc1OI. The smallest absolute Gasteiger partial charge is 0.254 e. The number of rotatable bonds is 2. The Hall–Kier alpha value is -1.02. The van der Waals surface area contributed by atoms with Crippen LogP contribution in [-0.2, 0) is 0 Å². The van der Waals surface area contributed by atoms with Gasteiger partial charge in [-0.15, -0.1) is 0 Å². The lowest BCUT2D eigenvalue weighted by Gasteiger charge is -2.27. The Morgan fingerprint density at radius 3 is 2.76 bits per heavy atom. The van der Waals surface area contributed by atoms with Crippen LogP contribution < -0.4 is 14.1 Å². The van der Waals surface area contributed by atoms with Crippen LogP contribution >= 0.6 is 23.0 Å². The van der Waals surface area contributed by atoms with Gasteiger partial charge in [-0.3, -0.25) is 4.79 Å². The van der Waals surface area contributed by atoms with Crippen molar-refractivity contribution in [3.05, 3.63) is 23.8 Å². The van der Waals surface area contributed by atoms with Gasteiger partial charge in [0.1, 0.15) is 0 Å². The zero-order valence-corrected chi connectivity index (χ0v) is 11.4. The first-order valence-corrected chi connectivity index (χ1v) is 6.28. The van der Waals surface area contributed by atoms with Gasteiger partial charge in [0.15, 0.2) is 28.8 Å². The van der Waals surface area contributed by atoms with E-state index in [0.717, 1.165) is 26.2 Å². The van der Waals surface area contributed by atoms with Gasteiger partial charge < -0.3 is 19.0 Å². The highest BCUT2D eigenvalue weighted by Crippen LogP contribution is 2.25. The van der Waals surface area contributed by atoms with Crippen molar-refractivity contribution in [3.8, 4) is 5.75 Å². The summed E-state index contributed by atoms with van der Waals surface area (Å²) in [5.41, 5.74) is 6.87. The summed E-state index contributed by atoms with van der Waals surface area (Å²) in [6.07, 6.45) is 0. The first-order chi connectivity index (χ1) is 8.22. The van der Waals surface area contributed by atoms with Gasteiger partial charge in [0.25, 0.3) is 5.91 Å². The molecule has 1 heterocycles. The summed E-state index contributed by atoms with van der Waals surface area (Å²) in [5.74, 6) is 0.563. The normalized spacial score (nSPS) is 15.7. The monoisotopic (exact) mass is 347 g/mol. The van der Waals surface area contributed by atoms with Gasteiger partial charge in [-0.25, -0.2) is 0 Å². The maximum Gasteiger partial charge on any atom is 0.254 e. The molecule has 0 bridgehead atoms. The van der Waals surface area contributed by atoms with Gasteiger partial charge >= 0.3 is 0 Å². The van der Waals surface area contributed by atoms with Crippen LogP contribution in [0.15, 0.2) is 18.2 Å². The predicted molar refractivity (Wildman–Crippen MR) is 74.3 cm³/mol. The lowest BCUT2D eigenvalue weighted by atomic mass is 10.1. The van der Waals surface area contributed by atoms with Crippen molar-refractivity contribution >= 4 is 34.6 Å². The van der Waals surface area contributed by atoms with E-state index in [-0.39, 0.29) is 5.91 Å². The standard InChI is InChI=1S/C11H14IN3O2/c12-17-10-7-8(1-2-9(10)13)11(16)15-5-3-14-4-6-15/h1-2,7,14H,3-6,13H2. The first-order valence-electron chi connectivity index (χ1n) is 5.40. The molecule has 0 unspecified atom stereocenters. The van der Waals surface area contributed by atoms with E-state index in [1.807, 2.05) is 4.90 Å². The number of piperazine rings is 1. The third-order valence-electron chi connectivity index (χ3n) is 2.75. The molecule has 6 heteroatoms. The van der Waals surface area contributed by atoms with E-state index in [1.165, 1.54) is 0 Å². The molecular formula is C11H14IN3O2. The predicted octanol–water partition coefficient (Wildman–Crippen LogP) is 1.04. The Kier molecular flexibility index (Phi) is 4.06. The van der Waals surface area contributed by atoms with E-state index in [1.54, 1.807) is 41.2 Å². The zero-order chi connectivity index (χ0) is 12.3. The summed E-state index contributed by atoms with van der Waals surface area (Å²) >= 11 is 1.76. The molecular weight excluding hydrogens is 333 g/mol. The Balaban J connectivity index is 2.18. The zero-order valence-electron chi connectivity index (χ0n) is 9.28. The number of amides is 1. The number of nitrogens with zero attached hydrogens (tertiary/aromatic N) is 1. The lowest BCUT2D eigenvalue weighted by Crippen LogP contribution is -2.46. The summed E-state index contributed by atoms with van der Waals surface area (Å²) in [6, 6.07) is 5.12. The van der Waals surface area contributed by atoms with Gasteiger partial charge in [0.05, 0.1) is 5.69 Å². The minimum Gasteiger partial charge on any atom is -0.425 e. The maximum atomic E-state index is 12.2. The molecule has 3 N–H and O–H groups in total. The third-order valence-corrected chi connectivity index (χ3v) is 3.22. The molecule has 1 fully saturated rings. The summed E-state index contributed by atoms with van der Waals surface area (Å²) in [4.78, 5) is 14.0. The molecule has 5 nitrogen and oxygen atoms in total. The van der Waals surface area contributed by atoms with Crippen LogP contribution in [0.3, 0.4) is 0 Å². The Morgan fingerprint density at radius 1 is 1.41 bits per heavy atom. The molecule has 0 atom stereocenters. The Morgan fingerprint density at radius 2 is 2.12 bits per heavy atom. The molecule has 1 amide bonds.